The number of nitrogens with one attached hydrogen (secondary N) is 3. The standard InChI is InChI=1S/C21H22N4O3S/c26-21(14-4-5-14)24-19-12-18(17-10-11-22-20(17)23-19)13-6-8-15(9-7-13)25-29(27,28)16-2-1-3-16/h6-12,14,16,25H,1-5H2,(H2,22,23,24,26). The van der Waals surface area contributed by atoms with Gasteiger partial charge in [-0.15, -0.1) is 0 Å². The van der Waals surface area contributed by atoms with E-state index >= 15 is 0 Å². The number of sulfonamides is 1. The average Bonchev–Trinajstić information content (AvgIpc) is 3.38. The molecule has 2 aliphatic carbocycles. The second kappa shape index (κ2) is 6.88. The first-order valence-corrected chi connectivity index (χ1v) is 11.5. The molecule has 0 spiro atoms. The van der Waals surface area contributed by atoms with E-state index in [1.165, 1.54) is 0 Å². The number of H-pyrrole nitrogens is 1. The van der Waals surface area contributed by atoms with Gasteiger partial charge in [0, 0.05) is 23.2 Å². The zero-order valence-electron chi connectivity index (χ0n) is 15.8. The van der Waals surface area contributed by atoms with E-state index in [-0.39, 0.29) is 17.1 Å². The van der Waals surface area contributed by atoms with E-state index < -0.39 is 10.0 Å². The smallest absolute Gasteiger partial charge is 0.235 e. The van der Waals surface area contributed by atoms with Gasteiger partial charge in [0.1, 0.15) is 11.5 Å². The normalized spacial score (nSPS) is 17.1. The topological polar surface area (TPSA) is 104 Å². The molecule has 3 N–H and O–H groups in total. The Labute approximate surface area is 169 Å². The number of carbonyl (C=O) groups is 1. The van der Waals surface area contributed by atoms with Crippen LogP contribution in [0.15, 0.2) is 42.6 Å². The van der Waals surface area contributed by atoms with E-state index in [9.17, 15) is 13.2 Å². The minimum Gasteiger partial charge on any atom is -0.346 e. The van der Waals surface area contributed by atoms with Gasteiger partial charge in [-0.25, -0.2) is 13.4 Å². The summed E-state index contributed by atoms with van der Waals surface area (Å²) < 4.78 is 27.3. The molecule has 0 aliphatic heterocycles. The molecule has 1 amide bonds. The molecule has 2 fully saturated rings. The second-order valence-electron chi connectivity index (χ2n) is 7.84. The monoisotopic (exact) mass is 410 g/mol. The molecule has 3 aromatic rings. The van der Waals surface area contributed by atoms with Crippen molar-refractivity contribution >= 4 is 38.5 Å². The molecule has 0 saturated heterocycles. The molecule has 2 heterocycles. The summed E-state index contributed by atoms with van der Waals surface area (Å²) in [7, 11) is -3.31. The molecule has 29 heavy (non-hydrogen) atoms. The number of aromatic nitrogens is 2. The van der Waals surface area contributed by atoms with Crippen LogP contribution in [0.4, 0.5) is 11.5 Å². The third-order valence-electron chi connectivity index (χ3n) is 5.68. The van der Waals surface area contributed by atoms with E-state index in [1.807, 2.05) is 30.5 Å². The van der Waals surface area contributed by atoms with Crippen molar-refractivity contribution in [3.05, 3.63) is 42.6 Å². The molecule has 0 radical (unpaired) electrons. The lowest BCUT2D eigenvalue weighted by molar-refractivity contribution is -0.117. The Bertz CT molecular complexity index is 1180. The number of aromatic amines is 1. The van der Waals surface area contributed by atoms with Crippen LogP contribution in [0.1, 0.15) is 32.1 Å². The Morgan fingerprint density at radius 2 is 1.83 bits per heavy atom. The molecule has 1 aromatic carbocycles. The predicted octanol–water partition coefficient (Wildman–Crippen LogP) is 3.87. The van der Waals surface area contributed by atoms with Crippen molar-refractivity contribution in [2.24, 2.45) is 5.92 Å². The van der Waals surface area contributed by atoms with Crippen molar-refractivity contribution < 1.29 is 13.2 Å². The minimum absolute atomic E-state index is 0.00936. The van der Waals surface area contributed by atoms with Gasteiger partial charge in [-0.1, -0.05) is 18.6 Å². The van der Waals surface area contributed by atoms with Gasteiger partial charge in [0.15, 0.2) is 0 Å². The SMILES string of the molecule is O=C(Nc1cc(-c2ccc(NS(=O)(=O)C3CCC3)cc2)c2cc[nH]c2n1)C1CC1. The molecular weight excluding hydrogens is 388 g/mol. The Morgan fingerprint density at radius 3 is 2.48 bits per heavy atom. The molecule has 7 nitrogen and oxygen atoms in total. The summed E-state index contributed by atoms with van der Waals surface area (Å²) >= 11 is 0. The van der Waals surface area contributed by atoms with Gasteiger partial charge in [-0.2, -0.15) is 0 Å². The lowest BCUT2D eigenvalue weighted by atomic mass is 10.0. The molecule has 5 rings (SSSR count). The molecule has 0 bridgehead atoms. The molecule has 2 saturated carbocycles. The summed E-state index contributed by atoms with van der Waals surface area (Å²) in [6.07, 6.45) is 6.10. The Balaban J connectivity index is 1.43. The first-order chi connectivity index (χ1) is 14.0. The fourth-order valence-corrected chi connectivity index (χ4v) is 5.15. The highest BCUT2D eigenvalue weighted by atomic mass is 32.2. The number of anilines is 2. The largest absolute Gasteiger partial charge is 0.346 e. The van der Waals surface area contributed by atoms with Crippen molar-refractivity contribution in [3.8, 4) is 11.1 Å². The number of rotatable bonds is 6. The zero-order valence-corrected chi connectivity index (χ0v) is 16.6. The van der Waals surface area contributed by atoms with Crippen molar-refractivity contribution in [2.75, 3.05) is 10.0 Å². The Hall–Kier alpha value is -2.87. The summed E-state index contributed by atoms with van der Waals surface area (Å²) in [5.41, 5.74) is 3.10. The van der Waals surface area contributed by atoms with E-state index in [1.54, 1.807) is 12.1 Å². The van der Waals surface area contributed by atoms with Crippen LogP contribution in [-0.4, -0.2) is 29.5 Å². The fraction of sp³-hybridized carbons (Fsp3) is 0.333. The van der Waals surface area contributed by atoms with Crippen LogP contribution in [-0.2, 0) is 14.8 Å². The van der Waals surface area contributed by atoms with E-state index in [0.29, 0.717) is 17.2 Å². The summed E-state index contributed by atoms with van der Waals surface area (Å²) in [6.45, 7) is 0. The highest BCUT2D eigenvalue weighted by Gasteiger charge is 2.31. The molecule has 8 heteroatoms. The molecule has 0 atom stereocenters. The molecule has 2 aromatic heterocycles. The van der Waals surface area contributed by atoms with Crippen LogP contribution in [0, 0.1) is 5.92 Å². The van der Waals surface area contributed by atoms with Crippen molar-refractivity contribution in [3.63, 3.8) is 0 Å². The summed E-state index contributed by atoms with van der Waals surface area (Å²) in [4.78, 5) is 19.7. The number of amides is 1. The maximum atomic E-state index is 12.3. The third kappa shape index (κ3) is 3.60. The first kappa shape index (κ1) is 18.2. The lowest BCUT2D eigenvalue weighted by Gasteiger charge is -2.25. The Morgan fingerprint density at radius 1 is 1.07 bits per heavy atom. The van der Waals surface area contributed by atoms with Gasteiger partial charge in [0.05, 0.1) is 5.25 Å². The van der Waals surface area contributed by atoms with Crippen LogP contribution in [0.5, 0.6) is 0 Å². The quantitative estimate of drug-likeness (QED) is 0.574. The second-order valence-corrected chi connectivity index (χ2v) is 9.80. The van der Waals surface area contributed by atoms with Crippen molar-refractivity contribution in [1.29, 1.82) is 0 Å². The number of hydrogen-bond donors (Lipinski definition) is 3. The van der Waals surface area contributed by atoms with Gasteiger partial charge in [-0.05, 0) is 61.1 Å². The minimum atomic E-state index is -3.31. The zero-order chi connectivity index (χ0) is 20.0. The van der Waals surface area contributed by atoms with Gasteiger partial charge in [0.2, 0.25) is 15.9 Å². The Kier molecular flexibility index (Phi) is 4.31. The van der Waals surface area contributed by atoms with Crippen molar-refractivity contribution in [1.82, 2.24) is 9.97 Å². The number of carbonyl (C=O) groups excluding carboxylic acids is 1. The van der Waals surface area contributed by atoms with Crippen LogP contribution >= 0.6 is 0 Å². The summed E-state index contributed by atoms with van der Waals surface area (Å²) in [5, 5.41) is 3.57. The third-order valence-corrected chi connectivity index (χ3v) is 7.54. The average molecular weight is 410 g/mol. The van der Waals surface area contributed by atoms with E-state index in [0.717, 1.165) is 48.6 Å². The fourth-order valence-electron chi connectivity index (χ4n) is 3.56. The maximum absolute atomic E-state index is 12.3. The molecule has 0 unspecified atom stereocenters. The number of pyridine rings is 1. The van der Waals surface area contributed by atoms with Crippen LogP contribution < -0.4 is 10.0 Å². The number of nitrogens with zero attached hydrogens (tertiary/aromatic N) is 1. The maximum Gasteiger partial charge on any atom is 0.235 e. The number of benzene rings is 1. The molecular formula is C21H22N4O3S. The highest BCUT2D eigenvalue weighted by molar-refractivity contribution is 7.93. The van der Waals surface area contributed by atoms with Crippen LogP contribution in [0.3, 0.4) is 0 Å². The molecule has 2 aliphatic rings. The van der Waals surface area contributed by atoms with Gasteiger partial charge in [0.25, 0.3) is 0 Å². The van der Waals surface area contributed by atoms with Gasteiger partial charge >= 0.3 is 0 Å². The van der Waals surface area contributed by atoms with Crippen LogP contribution in [0.25, 0.3) is 22.2 Å². The van der Waals surface area contributed by atoms with Gasteiger partial charge in [-0.3, -0.25) is 9.52 Å². The van der Waals surface area contributed by atoms with Crippen LogP contribution in [0.2, 0.25) is 0 Å². The summed E-state index contributed by atoms with van der Waals surface area (Å²) in [6, 6.07) is 11.1. The lowest BCUT2D eigenvalue weighted by Crippen LogP contribution is -2.33. The number of hydrogen-bond acceptors (Lipinski definition) is 4. The summed E-state index contributed by atoms with van der Waals surface area (Å²) in [5.74, 6) is 0.624. The van der Waals surface area contributed by atoms with Crippen molar-refractivity contribution in [2.45, 2.75) is 37.4 Å². The van der Waals surface area contributed by atoms with Gasteiger partial charge < -0.3 is 10.3 Å². The first-order valence-electron chi connectivity index (χ1n) is 9.91. The predicted molar refractivity (Wildman–Crippen MR) is 113 cm³/mol. The van der Waals surface area contributed by atoms with E-state index in [4.69, 9.17) is 0 Å². The number of fused-ring (bicyclic) bond motifs is 1. The molecule has 150 valence electrons. The van der Waals surface area contributed by atoms with E-state index in [2.05, 4.69) is 20.0 Å². The highest BCUT2D eigenvalue weighted by Crippen LogP contribution is 2.34.